The van der Waals surface area contributed by atoms with Crippen LogP contribution in [0.2, 0.25) is 0 Å². The maximum atomic E-state index is 11.8. The van der Waals surface area contributed by atoms with Crippen molar-refractivity contribution in [3.8, 4) is 0 Å². The topological polar surface area (TPSA) is 32.3 Å². The first-order valence-corrected chi connectivity index (χ1v) is 5.88. The van der Waals surface area contributed by atoms with Gasteiger partial charge < -0.3 is 10.2 Å². The van der Waals surface area contributed by atoms with E-state index in [9.17, 15) is 4.79 Å². The Kier molecular flexibility index (Phi) is 2.21. The van der Waals surface area contributed by atoms with Crippen LogP contribution in [0.25, 0.3) is 0 Å². The van der Waals surface area contributed by atoms with Crippen molar-refractivity contribution >= 4 is 11.6 Å². The third-order valence-electron chi connectivity index (χ3n) is 3.71. The van der Waals surface area contributed by atoms with Crippen LogP contribution in [0.1, 0.15) is 24.8 Å². The lowest BCUT2D eigenvalue weighted by Gasteiger charge is -2.31. The first kappa shape index (κ1) is 9.85. The summed E-state index contributed by atoms with van der Waals surface area (Å²) in [5, 5.41) is 3.42. The van der Waals surface area contributed by atoms with Crippen LogP contribution >= 0.6 is 0 Å². The Morgan fingerprint density at radius 1 is 1.44 bits per heavy atom. The summed E-state index contributed by atoms with van der Waals surface area (Å²) in [5.74, 6) is 0.649. The smallest absolute Gasteiger partial charge is 0.224 e. The van der Waals surface area contributed by atoms with Gasteiger partial charge in [0.05, 0.1) is 0 Å². The molecule has 84 valence electrons. The summed E-state index contributed by atoms with van der Waals surface area (Å²) in [6.45, 7) is 3.67. The number of carbonyl (C=O) groups is 1. The summed E-state index contributed by atoms with van der Waals surface area (Å²) in [5.41, 5.74) is 2.45. The van der Waals surface area contributed by atoms with Gasteiger partial charge in [0.1, 0.15) is 0 Å². The van der Waals surface area contributed by atoms with Crippen LogP contribution in [0.5, 0.6) is 0 Å². The first-order chi connectivity index (χ1) is 7.79. The van der Waals surface area contributed by atoms with Crippen LogP contribution in [0.3, 0.4) is 0 Å². The number of nitrogens with one attached hydrogen (secondary N) is 1. The second kappa shape index (κ2) is 3.59. The summed E-state index contributed by atoms with van der Waals surface area (Å²) >= 11 is 0. The third-order valence-corrected chi connectivity index (χ3v) is 3.71. The van der Waals surface area contributed by atoms with Gasteiger partial charge in [-0.05, 0) is 24.6 Å². The van der Waals surface area contributed by atoms with Crippen LogP contribution in [0.15, 0.2) is 24.3 Å². The Morgan fingerprint density at radius 3 is 3.06 bits per heavy atom. The molecule has 1 aromatic carbocycles. The average molecular weight is 216 g/mol. The maximum Gasteiger partial charge on any atom is 0.224 e. The van der Waals surface area contributed by atoms with Crippen LogP contribution < -0.4 is 10.2 Å². The quantitative estimate of drug-likeness (QED) is 0.712. The van der Waals surface area contributed by atoms with E-state index in [0.717, 1.165) is 25.2 Å². The average Bonchev–Trinajstić information content (AvgIpc) is 2.63. The van der Waals surface area contributed by atoms with E-state index < -0.39 is 0 Å². The lowest BCUT2D eigenvalue weighted by atomic mass is 9.90. The fraction of sp³-hybridized carbons (Fsp3) is 0.462. The molecule has 2 aliphatic heterocycles. The van der Waals surface area contributed by atoms with Crippen molar-refractivity contribution in [1.29, 1.82) is 0 Å². The second-order valence-electron chi connectivity index (χ2n) is 4.61. The molecular weight excluding hydrogens is 200 g/mol. The number of nitrogens with zero attached hydrogens (tertiary/aromatic N) is 1. The molecule has 0 radical (unpaired) electrons. The van der Waals surface area contributed by atoms with Crippen molar-refractivity contribution in [3.05, 3.63) is 29.8 Å². The van der Waals surface area contributed by atoms with Crippen molar-refractivity contribution in [3.63, 3.8) is 0 Å². The molecule has 1 amide bonds. The van der Waals surface area contributed by atoms with E-state index >= 15 is 0 Å². The molecule has 2 aliphatic rings. The first-order valence-electron chi connectivity index (χ1n) is 5.88. The minimum atomic E-state index is 0.168. The minimum absolute atomic E-state index is 0.168. The Labute approximate surface area is 95.4 Å². The Balaban J connectivity index is 2.09. The maximum absolute atomic E-state index is 11.8. The number of benzene rings is 1. The summed E-state index contributed by atoms with van der Waals surface area (Å²) in [6.07, 6.45) is 1.05. The SMILES string of the molecule is CC(=O)N1c2ccccc2[C@@H]2CNCC[C@H]21. The highest BCUT2D eigenvalue weighted by atomic mass is 16.2. The van der Waals surface area contributed by atoms with Gasteiger partial charge in [-0.2, -0.15) is 0 Å². The molecule has 16 heavy (non-hydrogen) atoms. The molecule has 0 aromatic heterocycles. The Morgan fingerprint density at radius 2 is 2.25 bits per heavy atom. The molecule has 0 saturated carbocycles. The molecule has 0 aliphatic carbocycles. The molecule has 1 aromatic rings. The monoisotopic (exact) mass is 216 g/mol. The fourth-order valence-electron chi connectivity index (χ4n) is 3.07. The number of carbonyl (C=O) groups excluding carboxylic acids is 1. The summed E-state index contributed by atoms with van der Waals surface area (Å²) in [7, 11) is 0. The number of fused-ring (bicyclic) bond motifs is 3. The highest BCUT2D eigenvalue weighted by Crippen LogP contribution is 2.42. The highest BCUT2D eigenvalue weighted by molar-refractivity contribution is 5.95. The van der Waals surface area contributed by atoms with E-state index in [1.54, 1.807) is 6.92 Å². The van der Waals surface area contributed by atoms with Crippen molar-refractivity contribution in [2.45, 2.75) is 25.3 Å². The van der Waals surface area contributed by atoms with Gasteiger partial charge in [0.15, 0.2) is 0 Å². The lowest BCUT2D eigenvalue weighted by molar-refractivity contribution is -0.117. The van der Waals surface area contributed by atoms with Gasteiger partial charge in [-0.15, -0.1) is 0 Å². The van der Waals surface area contributed by atoms with Gasteiger partial charge in [0.2, 0.25) is 5.91 Å². The normalized spacial score (nSPS) is 27.4. The number of para-hydroxylation sites is 1. The largest absolute Gasteiger partial charge is 0.316 e. The van der Waals surface area contributed by atoms with E-state index in [0.29, 0.717) is 12.0 Å². The van der Waals surface area contributed by atoms with Gasteiger partial charge in [-0.1, -0.05) is 18.2 Å². The zero-order valence-corrected chi connectivity index (χ0v) is 9.44. The number of anilines is 1. The Hall–Kier alpha value is -1.35. The van der Waals surface area contributed by atoms with E-state index in [-0.39, 0.29) is 5.91 Å². The van der Waals surface area contributed by atoms with Crippen LogP contribution in [-0.2, 0) is 4.79 Å². The molecule has 1 fully saturated rings. The van der Waals surface area contributed by atoms with E-state index in [1.165, 1.54) is 5.56 Å². The molecule has 1 saturated heterocycles. The summed E-state index contributed by atoms with van der Waals surface area (Å²) in [4.78, 5) is 13.8. The number of hydrogen-bond donors (Lipinski definition) is 1. The molecule has 3 nitrogen and oxygen atoms in total. The predicted octanol–water partition coefficient (Wildman–Crippen LogP) is 1.50. The number of piperidine rings is 1. The zero-order valence-electron chi connectivity index (χ0n) is 9.44. The molecule has 0 bridgehead atoms. The Bertz CT molecular complexity index is 430. The van der Waals surface area contributed by atoms with Gasteiger partial charge in [0, 0.05) is 31.1 Å². The standard InChI is InChI=1S/C13H16N2O/c1-9(16)15-12-5-3-2-4-10(12)11-8-14-7-6-13(11)15/h2-5,11,13-14H,6-8H2,1H3/t11-,13+/m0/s1. The van der Waals surface area contributed by atoms with Crippen molar-refractivity contribution < 1.29 is 4.79 Å². The fourth-order valence-corrected chi connectivity index (χ4v) is 3.07. The zero-order chi connectivity index (χ0) is 11.1. The molecule has 2 heterocycles. The second-order valence-corrected chi connectivity index (χ2v) is 4.61. The summed E-state index contributed by atoms with van der Waals surface area (Å²) < 4.78 is 0. The molecular formula is C13H16N2O. The van der Waals surface area contributed by atoms with Gasteiger partial charge in [-0.3, -0.25) is 4.79 Å². The predicted molar refractivity (Wildman–Crippen MR) is 63.6 cm³/mol. The third kappa shape index (κ3) is 1.28. The van der Waals surface area contributed by atoms with Gasteiger partial charge in [0.25, 0.3) is 0 Å². The number of rotatable bonds is 0. The van der Waals surface area contributed by atoms with Gasteiger partial charge in [-0.25, -0.2) is 0 Å². The molecule has 3 rings (SSSR count). The van der Waals surface area contributed by atoms with E-state index in [1.807, 2.05) is 11.0 Å². The van der Waals surface area contributed by atoms with E-state index in [4.69, 9.17) is 0 Å². The van der Waals surface area contributed by atoms with Crippen LogP contribution in [0, 0.1) is 0 Å². The lowest BCUT2D eigenvalue weighted by Crippen LogP contribution is -2.45. The van der Waals surface area contributed by atoms with Crippen LogP contribution in [-0.4, -0.2) is 25.0 Å². The van der Waals surface area contributed by atoms with Crippen molar-refractivity contribution in [1.82, 2.24) is 5.32 Å². The number of amides is 1. The van der Waals surface area contributed by atoms with Crippen LogP contribution in [0.4, 0.5) is 5.69 Å². The van der Waals surface area contributed by atoms with Gasteiger partial charge >= 0.3 is 0 Å². The highest BCUT2D eigenvalue weighted by Gasteiger charge is 2.41. The minimum Gasteiger partial charge on any atom is -0.316 e. The van der Waals surface area contributed by atoms with Crippen molar-refractivity contribution in [2.75, 3.05) is 18.0 Å². The van der Waals surface area contributed by atoms with E-state index in [2.05, 4.69) is 23.5 Å². The molecule has 0 unspecified atom stereocenters. The molecule has 2 atom stereocenters. The molecule has 3 heteroatoms. The molecule has 0 spiro atoms. The van der Waals surface area contributed by atoms with Crippen molar-refractivity contribution in [2.24, 2.45) is 0 Å². The number of hydrogen-bond acceptors (Lipinski definition) is 2. The molecule has 1 N–H and O–H groups in total. The summed E-state index contributed by atoms with van der Waals surface area (Å²) in [6, 6.07) is 8.67.